The van der Waals surface area contributed by atoms with Gasteiger partial charge in [-0.25, -0.2) is 4.98 Å². The number of amides is 1. The molecule has 0 aromatic carbocycles. The molecule has 1 unspecified atom stereocenters. The third kappa shape index (κ3) is 3.07. The molecule has 8 nitrogen and oxygen atoms in total. The largest absolute Gasteiger partial charge is 0.309 e. The molecule has 21 heavy (non-hydrogen) atoms. The van der Waals surface area contributed by atoms with Crippen molar-refractivity contribution >= 4 is 28.1 Å². The summed E-state index contributed by atoms with van der Waals surface area (Å²) in [6.45, 7) is 6.95. The van der Waals surface area contributed by atoms with E-state index in [-0.39, 0.29) is 17.3 Å². The van der Waals surface area contributed by atoms with E-state index >= 15 is 0 Å². The minimum absolute atomic E-state index is 0.101. The van der Waals surface area contributed by atoms with Crippen LogP contribution < -0.4 is 5.32 Å². The summed E-state index contributed by atoms with van der Waals surface area (Å²) in [6, 6.07) is -0.665. The van der Waals surface area contributed by atoms with Crippen molar-refractivity contribution in [3.05, 3.63) is 32.6 Å². The third-order valence-corrected chi connectivity index (χ3v) is 4.11. The highest BCUT2D eigenvalue weighted by atomic mass is 32.1. The van der Waals surface area contributed by atoms with Crippen molar-refractivity contribution in [1.82, 2.24) is 14.8 Å². The molecule has 0 saturated carbocycles. The van der Waals surface area contributed by atoms with Crippen molar-refractivity contribution in [2.24, 2.45) is 0 Å². The lowest BCUT2D eigenvalue weighted by Gasteiger charge is -2.10. The van der Waals surface area contributed by atoms with Crippen molar-refractivity contribution in [1.29, 1.82) is 0 Å². The first kappa shape index (κ1) is 15.1. The summed E-state index contributed by atoms with van der Waals surface area (Å²) in [5, 5.41) is 18.0. The molecule has 2 aromatic rings. The fraction of sp³-hybridized carbons (Fsp3) is 0.417. The van der Waals surface area contributed by atoms with E-state index in [9.17, 15) is 14.9 Å². The lowest BCUT2D eigenvalue weighted by Crippen LogP contribution is -2.24. The average molecular weight is 309 g/mol. The van der Waals surface area contributed by atoms with E-state index in [1.54, 1.807) is 6.92 Å². The second kappa shape index (κ2) is 5.60. The number of hydrogen-bond donors (Lipinski definition) is 1. The molecule has 2 heterocycles. The predicted octanol–water partition coefficient (Wildman–Crippen LogP) is 2.37. The Labute approximate surface area is 125 Å². The monoisotopic (exact) mass is 309 g/mol. The molecule has 2 aromatic heterocycles. The first-order valence-corrected chi connectivity index (χ1v) is 7.06. The van der Waals surface area contributed by atoms with Crippen molar-refractivity contribution in [2.75, 3.05) is 5.32 Å². The lowest BCUT2D eigenvalue weighted by molar-refractivity contribution is -0.385. The van der Waals surface area contributed by atoms with Gasteiger partial charge >= 0.3 is 5.69 Å². The number of thiazole rings is 1. The molecule has 0 aliphatic rings. The van der Waals surface area contributed by atoms with E-state index in [1.165, 1.54) is 29.1 Å². The van der Waals surface area contributed by atoms with E-state index in [0.717, 1.165) is 10.6 Å². The van der Waals surface area contributed by atoms with Gasteiger partial charge in [0.2, 0.25) is 0 Å². The van der Waals surface area contributed by atoms with Gasteiger partial charge in [0.15, 0.2) is 5.13 Å². The number of carbonyl (C=O) groups is 1. The van der Waals surface area contributed by atoms with Crippen LogP contribution in [0.25, 0.3) is 0 Å². The molecule has 1 N–H and O–H groups in total. The Hall–Kier alpha value is -2.29. The topological polar surface area (TPSA) is 103 Å². The zero-order valence-electron chi connectivity index (χ0n) is 12.1. The van der Waals surface area contributed by atoms with Crippen molar-refractivity contribution in [3.8, 4) is 0 Å². The van der Waals surface area contributed by atoms with Gasteiger partial charge in [-0.3, -0.25) is 19.6 Å². The van der Waals surface area contributed by atoms with E-state index < -0.39 is 11.0 Å². The van der Waals surface area contributed by atoms with E-state index in [0.29, 0.717) is 5.13 Å². The fourth-order valence-electron chi connectivity index (χ4n) is 1.71. The SMILES string of the molecule is Cc1nn(C(C)C(=O)Nc2nc(C)c(C)s2)cc1[N+](=O)[O-]. The first-order valence-electron chi connectivity index (χ1n) is 6.24. The number of nitrogens with one attached hydrogen (secondary N) is 1. The molecule has 0 saturated heterocycles. The number of carbonyl (C=O) groups excluding carboxylic acids is 1. The van der Waals surface area contributed by atoms with Gasteiger partial charge in [-0.2, -0.15) is 5.10 Å². The van der Waals surface area contributed by atoms with Gasteiger partial charge in [-0.1, -0.05) is 0 Å². The molecule has 112 valence electrons. The molecule has 1 amide bonds. The molecular formula is C12H15N5O3S. The maximum absolute atomic E-state index is 12.1. The van der Waals surface area contributed by atoms with Crippen molar-refractivity contribution in [3.63, 3.8) is 0 Å². The Morgan fingerprint density at radius 1 is 1.43 bits per heavy atom. The Balaban J connectivity index is 2.15. The number of nitro groups is 1. The normalized spacial score (nSPS) is 12.2. The highest BCUT2D eigenvalue weighted by molar-refractivity contribution is 7.15. The second-order valence-corrected chi connectivity index (χ2v) is 5.87. The summed E-state index contributed by atoms with van der Waals surface area (Å²) in [4.78, 5) is 27.7. The molecule has 0 aliphatic carbocycles. The predicted molar refractivity (Wildman–Crippen MR) is 78.5 cm³/mol. The highest BCUT2D eigenvalue weighted by Gasteiger charge is 2.22. The van der Waals surface area contributed by atoms with Crippen LogP contribution in [0.1, 0.15) is 29.2 Å². The van der Waals surface area contributed by atoms with Crippen LogP contribution in [0.15, 0.2) is 6.20 Å². The van der Waals surface area contributed by atoms with Crippen LogP contribution in [0, 0.1) is 30.9 Å². The van der Waals surface area contributed by atoms with E-state index in [4.69, 9.17) is 0 Å². The lowest BCUT2D eigenvalue weighted by atomic mass is 10.3. The summed E-state index contributed by atoms with van der Waals surface area (Å²) in [6.07, 6.45) is 1.26. The van der Waals surface area contributed by atoms with Crippen molar-refractivity contribution in [2.45, 2.75) is 33.7 Å². The molecule has 9 heteroatoms. The maximum atomic E-state index is 12.1. The van der Waals surface area contributed by atoms with Crippen LogP contribution in [-0.2, 0) is 4.79 Å². The van der Waals surface area contributed by atoms with Gasteiger partial charge < -0.3 is 5.32 Å². The number of nitrogens with zero attached hydrogens (tertiary/aromatic N) is 4. The number of rotatable bonds is 4. The van der Waals surface area contributed by atoms with Gasteiger partial charge in [0, 0.05) is 4.88 Å². The van der Waals surface area contributed by atoms with Gasteiger partial charge in [-0.05, 0) is 27.7 Å². The van der Waals surface area contributed by atoms with Crippen molar-refractivity contribution < 1.29 is 9.72 Å². The summed E-state index contributed by atoms with van der Waals surface area (Å²) < 4.78 is 1.29. The van der Waals surface area contributed by atoms with Gasteiger partial charge in [0.05, 0.1) is 10.6 Å². The first-order chi connectivity index (χ1) is 9.79. The second-order valence-electron chi connectivity index (χ2n) is 4.66. The van der Waals surface area contributed by atoms with Gasteiger partial charge in [0.25, 0.3) is 5.91 Å². The molecule has 0 aliphatic heterocycles. The van der Waals surface area contributed by atoms with Crippen LogP contribution in [0.4, 0.5) is 10.8 Å². The number of hydrogen-bond acceptors (Lipinski definition) is 6. The van der Waals surface area contributed by atoms with Crippen LogP contribution >= 0.6 is 11.3 Å². The minimum atomic E-state index is -0.665. The smallest absolute Gasteiger partial charge is 0.300 e. The molecule has 0 spiro atoms. The zero-order valence-corrected chi connectivity index (χ0v) is 12.9. The van der Waals surface area contributed by atoms with Gasteiger partial charge in [-0.15, -0.1) is 11.3 Å². The maximum Gasteiger partial charge on any atom is 0.309 e. The number of aryl methyl sites for hydroxylation is 3. The van der Waals surface area contributed by atoms with Crippen LogP contribution in [-0.4, -0.2) is 25.6 Å². The summed E-state index contributed by atoms with van der Waals surface area (Å²) >= 11 is 1.39. The standard InChI is InChI=1S/C12H15N5O3S/c1-6-9(4)21-12(13-6)14-11(18)8(3)16-5-10(17(19)20)7(2)15-16/h5,8H,1-4H3,(H,13,14,18). The average Bonchev–Trinajstić information content (AvgIpc) is 2.92. The number of anilines is 1. The zero-order chi connectivity index (χ0) is 15.7. The summed E-state index contributed by atoms with van der Waals surface area (Å²) in [5.74, 6) is -0.318. The van der Waals surface area contributed by atoms with E-state index in [1.807, 2.05) is 13.8 Å². The molecule has 0 fully saturated rings. The van der Waals surface area contributed by atoms with Crippen LogP contribution in [0.2, 0.25) is 0 Å². The highest BCUT2D eigenvalue weighted by Crippen LogP contribution is 2.23. The number of aromatic nitrogens is 3. The molecule has 0 radical (unpaired) electrons. The molecule has 1 atom stereocenters. The quantitative estimate of drug-likeness (QED) is 0.690. The molecule has 2 rings (SSSR count). The van der Waals surface area contributed by atoms with Gasteiger partial charge in [0.1, 0.15) is 17.9 Å². The summed E-state index contributed by atoms with van der Waals surface area (Å²) in [7, 11) is 0. The Morgan fingerprint density at radius 3 is 2.57 bits per heavy atom. The summed E-state index contributed by atoms with van der Waals surface area (Å²) in [5.41, 5.74) is 1.05. The molecular weight excluding hydrogens is 294 g/mol. The molecule has 0 bridgehead atoms. The Morgan fingerprint density at radius 2 is 2.10 bits per heavy atom. The minimum Gasteiger partial charge on any atom is -0.300 e. The Bertz CT molecular complexity index is 686. The van der Waals surface area contributed by atoms with Crippen LogP contribution in [0.5, 0.6) is 0 Å². The third-order valence-electron chi connectivity index (χ3n) is 3.12. The fourth-order valence-corrected chi connectivity index (χ4v) is 2.52. The van der Waals surface area contributed by atoms with Crippen LogP contribution in [0.3, 0.4) is 0 Å². The van der Waals surface area contributed by atoms with E-state index in [2.05, 4.69) is 15.4 Å². The Kier molecular flexibility index (Phi) is 4.03.